The number of guanidine groups is 1. The van der Waals surface area contributed by atoms with Gasteiger partial charge in [-0.15, -0.1) is 10.2 Å². The number of nitrogens with one attached hydrogen (secondary N) is 1. The molecule has 0 amide bonds. The van der Waals surface area contributed by atoms with E-state index in [4.69, 9.17) is 16.2 Å². The maximum atomic E-state index is 12.6. The molecule has 1 heterocycles. The van der Waals surface area contributed by atoms with Crippen molar-refractivity contribution in [1.29, 1.82) is 0 Å². The molecule has 0 saturated carbocycles. The van der Waals surface area contributed by atoms with E-state index in [0.717, 1.165) is 5.56 Å². The number of para-hydroxylation sites is 2. The number of aromatic nitrogens is 2. The maximum absolute atomic E-state index is 12.6. The minimum atomic E-state index is -0.626. The van der Waals surface area contributed by atoms with E-state index in [-0.39, 0.29) is 18.1 Å². The first kappa shape index (κ1) is 26.0. The largest absolute Gasteiger partial charge is 0.465 e. The first-order valence-corrected chi connectivity index (χ1v) is 11.7. The molecular formula is C28H26N6O4. The molecule has 5 N–H and O–H groups in total. The van der Waals surface area contributed by atoms with Crippen LogP contribution >= 0.6 is 0 Å². The second-order valence-electron chi connectivity index (χ2n) is 8.16. The van der Waals surface area contributed by atoms with Crippen LogP contribution in [0.5, 0.6) is 5.75 Å². The lowest BCUT2D eigenvalue weighted by Crippen LogP contribution is -2.23. The van der Waals surface area contributed by atoms with Gasteiger partial charge in [-0.1, -0.05) is 54.6 Å². The molecule has 0 radical (unpaired) electrons. The van der Waals surface area contributed by atoms with Crippen LogP contribution in [-0.2, 0) is 9.53 Å². The molecule has 0 bridgehead atoms. The summed E-state index contributed by atoms with van der Waals surface area (Å²) in [5, 5.41) is 11.2. The van der Waals surface area contributed by atoms with Crippen LogP contribution in [0.15, 0.2) is 96.0 Å². The molecular weight excluding hydrogens is 484 g/mol. The van der Waals surface area contributed by atoms with Crippen LogP contribution in [0.4, 0.5) is 11.5 Å². The van der Waals surface area contributed by atoms with Crippen molar-refractivity contribution in [2.24, 2.45) is 16.5 Å². The number of ether oxygens (including phenoxy) is 2. The van der Waals surface area contributed by atoms with Crippen molar-refractivity contribution in [2.45, 2.75) is 12.5 Å². The van der Waals surface area contributed by atoms with Gasteiger partial charge >= 0.3 is 11.9 Å². The fourth-order valence-electron chi connectivity index (χ4n) is 3.54. The van der Waals surface area contributed by atoms with Gasteiger partial charge in [-0.3, -0.25) is 4.79 Å². The maximum Gasteiger partial charge on any atom is 0.337 e. The number of carbonyl (C=O) groups excluding carboxylic acids is 2. The molecule has 0 aliphatic rings. The quantitative estimate of drug-likeness (QED) is 0.138. The third-order valence-corrected chi connectivity index (χ3v) is 5.48. The summed E-state index contributed by atoms with van der Waals surface area (Å²) >= 11 is 0. The Kier molecular flexibility index (Phi) is 8.37. The van der Waals surface area contributed by atoms with Crippen molar-refractivity contribution < 1.29 is 19.1 Å². The zero-order valence-corrected chi connectivity index (χ0v) is 20.6. The number of nitrogens with two attached hydrogens (primary N) is 2. The highest BCUT2D eigenvalue weighted by Crippen LogP contribution is 2.26. The first-order chi connectivity index (χ1) is 18.4. The fourth-order valence-corrected chi connectivity index (χ4v) is 3.54. The zero-order chi connectivity index (χ0) is 26.9. The van der Waals surface area contributed by atoms with E-state index < -0.39 is 18.0 Å². The molecule has 10 heteroatoms. The highest BCUT2D eigenvalue weighted by atomic mass is 16.5. The van der Waals surface area contributed by atoms with Gasteiger partial charge in [0.25, 0.3) is 0 Å². The van der Waals surface area contributed by atoms with Crippen molar-refractivity contribution in [2.75, 3.05) is 12.4 Å². The number of hydrogen-bond acceptors (Lipinski definition) is 8. The number of hydrogen-bond donors (Lipinski definition) is 3. The van der Waals surface area contributed by atoms with E-state index in [2.05, 4.69) is 25.2 Å². The summed E-state index contributed by atoms with van der Waals surface area (Å²) in [6, 6.07) is 25.9. The summed E-state index contributed by atoms with van der Waals surface area (Å²) in [5.74, 6) is -0.380. The lowest BCUT2D eigenvalue weighted by atomic mass is 10.0. The number of benzene rings is 3. The van der Waals surface area contributed by atoms with Crippen LogP contribution in [0.1, 0.15) is 28.4 Å². The van der Waals surface area contributed by atoms with Crippen LogP contribution in [0.3, 0.4) is 0 Å². The zero-order valence-electron chi connectivity index (χ0n) is 20.6. The van der Waals surface area contributed by atoms with Gasteiger partial charge < -0.3 is 26.3 Å². The minimum absolute atomic E-state index is 0.0395. The van der Waals surface area contributed by atoms with E-state index in [9.17, 15) is 9.59 Å². The van der Waals surface area contributed by atoms with Gasteiger partial charge in [0.15, 0.2) is 17.5 Å². The molecule has 10 nitrogen and oxygen atoms in total. The van der Waals surface area contributed by atoms with E-state index in [1.807, 2.05) is 30.3 Å². The van der Waals surface area contributed by atoms with Crippen molar-refractivity contribution in [3.05, 3.63) is 102 Å². The molecule has 1 atom stereocenters. The molecule has 4 aromatic rings. The fraction of sp³-hybridized carbons (Fsp3) is 0.107. The molecule has 0 spiro atoms. The highest BCUT2D eigenvalue weighted by Gasteiger charge is 2.16. The average Bonchev–Trinajstić information content (AvgIpc) is 2.94. The Morgan fingerprint density at radius 2 is 1.63 bits per heavy atom. The van der Waals surface area contributed by atoms with E-state index in [1.54, 1.807) is 60.7 Å². The van der Waals surface area contributed by atoms with Gasteiger partial charge in [0.05, 0.1) is 30.5 Å². The molecule has 0 fully saturated rings. The molecule has 3 aromatic carbocycles. The van der Waals surface area contributed by atoms with Crippen molar-refractivity contribution in [1.82, 2.24) is 10.2 Å². The molecule has 1 unspecified atom stereocenters. The van der Waals surface area contributed by atoms with E-state index in [0.29, 0.717) is 28.3 Å². The van der Waals surface area contributed by atoms with Crippen molar-refractivity contribution >= 4 is 29.4 Å². The molecule has 38 heavy (non-hydrogen) atoms. The molecule has 1 aromatic heterocycles. The lowest BCUT2D eigenvalue weighted by molar-refractivity contribution is -0.134. The predicted octanol–water partition coefficient (Wildman–Crippen LogP) is 3.98. The third-order valence-electron chi connectivity index (χ3n) is 5.48. The first-order valence-electron chi connectivity index (χ1n) is 11.7. The van der Waals surface area contributed by atoms with Gasteiger partial charge in [-0.05, 0) is 42.0 Å². The monoisotopic (exact) mass is 510 g/mol. The molecule has 0 saturated heterocycles. The molecule has 192 valence electrons. The Morgan fingerprint density at radius 1 is 0.921 bits per heavy atom. The molecule has 0 aliphatic heterocycles. The number of anilines is 1. The van der Waals surface area contributed by atoms with Gasteiger partial charge in [0.1, 0.15) is 0 Å². The summed E-state index contributed by atoms with van der Waals surface area (Å²) in [7, 11) is 1.31. The Balaban J connectivity index is 1.38. The normalized spacial score (nSPS) is 11.9. The van der Waals surface area contributed by atoms with Crippen molar-refractivity contribution in [3.8, 4) is 17.0 Å². The van der Waals surface area contributed by atoms with E-state index >= 15 is 0 Å². The van der Waals surface area contributed by atoms with Crippen LogP contribution in [-0.4, -0.2) is 35.2 Å². The highest BCUT2D eigenvalue weighted by molar-refractivity contribution is 5.95. The van der Waals surface area contributed by atoms with Gasteiger partial charge in [0.2, 0.25) is 0 Å². The number of rotatable bonds is 8. The van der Waals surface area contributed by atoms with Crippen LogP contribution < -0.4 is 21.5 Å². The summed E-state index contributed by atoms with van der Waals surface area (Å²) in [6.07, 6.45) is -0.0845. The smallest absolute Gasteiger partial charge is 0.337 e. The lowest BCUT2D eigenvalue weighted by Gasteiger charge is -2.14. The van der Waals surface area contributed by atoms with Gasteiger partial charge in [0, 0.05) is 11.6 Å². The Labute approximate surface area is 219 Å². The summed E-state index contributed by atoms with van der Waals surface area (Å²) in [6.45, 7) is 0. The second-order valence-corrected chi connectivity index (χ2v) is 8.16. The number of aliphatic imine (C=N–C) groups is 1. The predicted molar refractivity (Wildman–Crippen MR) is 144 cm³/mol. The molecule has 0 aliphatic carbocycles. The summed E-state index contributed by atoms with van der Waals surface area (Å²) < 4.78 is 10.2. The minimum Gasteiger partial charge on any atom is -0.465 e. The Morgan fingerprint density at radius 3 is 2.32 bits per heavy atom. The van der Waals surface area contributed by atoms with Crippen LogP contribution in [0.25, 0.3) is 11.3 Å². The number of nitrogens with zero attached hydrogens (tertiary/aromatic N) is 3. The Bertz CT molecular complexity index is 1420. The number of carbonyl (C=O) groups is 2. The van der Waals surface area contributed by atoms with Crippen molar-refractivity contribution in [3.63, 3.8) is 0 Å². The standard InChI is InChI=1S/C28H26N6O4/c1-37-27(36)20-13-11-18(12-14-20)21(29)17-26(35)38-24-10-6-5-9-23(24)31-28(30)32-25-16-15-22(33-34-25)19-7-3-2-4-8-19/h2-16,21H,17,29H2,1H3,(H3,30,31,32,34). The topological polar surface area (TPSA) is 155 Å². The third kappa shape index (κ3) is 6.77. The SMILES string of the molecule is COC(=O)c1ccc(C(N)CC(=O)Oc2ccccc2NC(N)=Nc2ccc(-c3ccccc3)nn2)cc1. The van der Waals surface area contributed by atoms with Crippen LogP contribution in [0.2, 0.25) is 0 Å². The van der Waals surface area contributed by atoms with Crippen LogP contribution in [0, 0.1) is 0 Å². The molecule has 4 rings (SSSR count). The summed E-state index contributed by atoms with van der Waals surface area (Å²) in [4.78, 5) is 28.4. The number of esters is 2. The second kappa shape index (κ2) is 12.2. The summed E-state index contributed by atoms with van der Waals surface area (Å²) in [5.41, 5.74) is 15.4. The average molecular weight is 511 g/mol. The van der Waals surface area contributed by atoms with Gasteiger partial charge in [-0.2, -0.15) is 4.99 Å². The van der Waals surface area contributed by atoms with E-state index in [1.165, 1.54) is 7.11 Å². The number of methoxy groups -OCH3 is 1. The Hall–Kier alpha value is -5.09. The van der Waals surface area contributed by atoms with Gasteiger partial charge in [-0.25, -0.2) is 4.79 Å².